The molecule has 1 atom stereocenters. The fourth-order valence-corrected chi connectivity index (χ4v) is 3.29. The molecule has 138 valence electrons. The molecule has 0 aliphatic rings. The molecule has 8 heteroatoms. The fraction of sp³-hybridized carbons (Fsp3) is 0.222. The Morgan fingerprint density at radius 1 is 1.12 bits per heavy atom. The number of esters is 1. The third-order valence-electron chi connectivity index (χ3n) is 3.59. The minimum absolute atomic E-state index is 0.103. The van der Waals surface area contributed by atoms with Crippen molar-refractivity contribution in [2.24, 2.45) is 0 Å². The van der Waals surface area contributed by atoms with Crippen molar-refractivity contribution in [1.82, 2.24) is 5.32 Å². The topological polar surface area (TPSA) is 89.5 Å². The summed E-state index contributed by atoms with van der Waals surface area (Å²) in [6, 6.07) is 12.4. The van der Waals surface area contributed by atoms with E-state index in [2.05, 4.69) is 5.32 Å². The van der Waals surface area contributed by atoms with E-state index in [1.807, 2.05) is 0 Å². The molecule has 0 bridgehead atoms. The van der Waals surface area contributed by atoms with Crippen LogP contribution in [0.3, 0.4) is 0 Å². The smallest absolute Gasteiger partial charge is 0.339 e. The summed E-state index contributed by atoms with van der Waals surface area (Å²) in [5, 5.41) is 3.28. The number of amides is 1. The number of benzene rings is 2. The summed E-state index contributed by atoms with van der Waals surface area (Å²) in [7, 11) is -3.59. The quantitative estimate of drug-likeness (QED) is 0.759. The maximum Gasteiger partial charge on any atom is 0.339 e. The van der Waals surface area contributed by atoms with Crippen molar-refractivity contribution in [3.05, 3.63) is 64.7 Å². The second-order valence-electron chi connectivity index (χ2n) is 5.69. The highest BCUT2D eigenvalue weighted by Crippen LogP contribution is 2.17. The number of nitrogens with one attached hydrogen (secondary N) is 1. The molecule has 1 N–H and O–H groups in total. The average molecular weight is 396 g/mol. The van der Waals surface area contributed by atoms with Crippen molar-refractivity contribution in [3.63, 3.8) is 0 Å². The molecule has 1 amide bonds. The first-order valence-corrected chi connectivity index (χ1v) is 9.96. The lowest BCUT2D eigenvalue weighted by molar-refractivity contribution is -0.124. The van der Waals surface area contributed by atoms with Crippen molar-refractivity contribution in [3.8, 4) is 0 Å². The van der Waals surface area contributed by atoms with Gasteiger partial charge in [0.25, 0.3) is 5.91 Å². The Balaban J connectivity index is 1.97. The van der Waals surface area contributed by atoms with Gasteiger partial charge in [0, 0.05) is 11.3 Å². The van der Waals surface area contributed by atoms with Crippen LogP contribution in [0, 0.1) is 0 Å². The van der Waals surface area contributed by atoms with Crippen LogP contribution in [0.15, 0.2) is 53.4 Å². The number of rotatable bonds is 6. The van der Waals surface area contributed by atoms with Gasteiger partial charge in [-0.3, -0.25) is 4.79 Å². The zero-order chi connectivity index (χ0) is 19.3. The minimum atomic E-state index is -3.59. The molecule has 0 spiro atoms. The van der Waals surface area contributed by atoms with Gasteiger partial charge in [0.05, 0.1) is 16.5 Å². The lowest BCUT2D eigenvalue weighted by Crippen LogP contribution is -2.31. The van der Waals surface area contributed by atoms with Crippen molar-refractivity contribution < 1.29 is 22.7 Å². The number of ether oxygens (including phenoxy) is 1. The molecule has 0 saturated heterocycles. The van der Waals surface area contributed by atoms with Crippen LogP contribution in [0.1, 0.15) is 28.9 Å². The molecular formula is C18H18ClNO5S. The van der Waals surface area contributed by atoms with Gasteiger partial charge < -0.3 is 10.1 Å². The fourth-order valence-electron chi connectivity index (χ4n) is 2.29. The predicted octanol–water partition coefficient (Wildman–Crippen LogP) is 2.78. The summed E-state index contributed by atoms with van der Waals surface area (Å²) in [4.78, 5) is 24.0. The molecule has 0 aliphatic carbocycles. The molecule has 2 aromatic rings. The number of halogens is 1. The number of hydrogen-bond donors (Lipinski definition) is 1. The Hall–Kier alpha value is -2.38. The summed E-state index contributed by atoms with van der Waals surface area (Å²) < 4.78 is 28.4. The summed E-state index contributed by atoms with van der Waals surface area (Å²) in [5.74, 6) is -1.38. The van der Waals surface area contributed by atoms with Gasteiger partial charge in [0.15, 0.2) is 16.4 Å². The first-order chi connectivity index (χ1) is 12.2. The Morgan fingerprint density at radius 3 is 2.35 bits per heavy atom. The van der Waals surface area contributed by atoms with Gasteiger partial charge in [-0.15, -0.1) is 0 Å². The van der Waals surface area contributed by atoms with E-state index in [-0.39, 0.29) is 16.5 Å². The van der Waals surface area contributed by atoms with Crippen molar-refractivity contribution in [2.75, 3.05) is 12.9 Å². The molecule has 2 rings (SSSR count). The SMILES string of the molecule is C[C@@H](NC(=O)COC(=O)c1ccccc1S(C)(=O)=O)c1ccc(Cl)cc1. The van der Waals surface area contributed by atoms with Crippen LogP contribution in [0.25, 0.3) is 0 Å². The Morgan fingerprint density at radius 2 is 1.73 bits per heavy atom. The van der Waals surface area contributed by atoms with Crippen molar-refractivity contribution in [1.29, 1.82) is 0 Å². The molecule has 26 heavy (non-hydrogen) atoms. The largest absolute Gasteiger partial charge is 0.452 e. The minimum Gasteiger partial charge on any atom is -0.452 e. The molecule has 0 aliphatic heterocycles. The summed E-state index contributed by atoms with van der Waals surface area (Å²) in [5.41, 5.74) is 0.741. The third kappa shape index (κ3) is 5.31. The molecule has 0 aromatic heterocycles. The first kappa shape index (κ1) is 19.9. The van der Waals surface area contributed by atoms with E-state index in [4.69, 9.17) is 16.3 Å². The lowest BCUT2D eigenvalue weighted by atomic mass is 10.1. The Kier molecular flexibility index (Phi) is 6.39. The van der Waals surface area contributed by atoms with Gasteiger partial charge in [-0.05, 0) is 36.8 Å². The maximum absolute atomic E-state index is 12.1. The second kappa shape index (κ2) is 8.33. The number of carbonyl (C=O) groups excluding carboxylic acids is 2. The molecular weight excluding hydrogens is 378 g/mol. The van der Waals surface area contributed by atoms with Crippen LogP contribution < -0.4 is 5.32 Å². The highest BCUT2D eigenvalue weighted by molar-refractivity contribution is 7.90. The van der Waals surface area contributed by atoms with Crippen LogP contribution in [0.4, 0.5) is 0 Å². The predicted molar refractivity (Wildman–Crippen MR) is 97.8 cm³/mol. The van der Waals surface area contributed by atoms with Crippen LogP contribution in [0.5, 0.6) is 0 Å². The molecule has 0 radical (unpaired) electrons. The Bertz CT molecular complexity index is 909. The average Bonchev–Trinajstić information content (AvgIpc) is 2.59. The zero-order valence-corrected chi connectivity index (χ0v) is 15.8. The van der Waals surface area contributed by atoms with Gasteiger partial charge >= 0.3 is 5.97 Å². The highest BCUT2D eigenvalue weighted by atomic mass is 35.5. The first-order valence-electron chi connectivity index (χ1n) is 7.69. The molecule has 0 unspecified atom stereocenters. The van der Waals surface area contributed by atoms with Crippen molar-refractivity contribution >= 4 is 33.3 Å². The van der Waals surface area contributed by atoms with E-state index >= 15 is 0 Å². The van der Waals surface area contributed by atoms with Crippen molar-refractivity contribution in [2.45, 2.75) is 17.9 Å². The lowest BCUT2D eigenvalue weighted by Gasteiger charge is -2.14. The van der Waals surface area contributed by atoms with E-state index in [1.54, 1.807) is 31.2 Å². The third-order valence-corrected chi connectivity index (χ3v) is 5.00. The molecule has 0 heterocycles. The van der Waals surface area contributed by atoms with Gasteiger partial charge in [-0.2, -0.15) is 0 Å². The standard InChI is InChI=1S/C18H18ClNO5S/c1-12(13-7-9-14(19)10-8-13)20-17(21)11-25-18(22)15-5-3-4-6-16(15)26(2,23)24/h3-10,12H,11H2,1-2H3,(H,20,21)/t12-/m1/s1. The van der Waals surface area contributed by atoms with Crippen LogP contribution in [0.2, 0.25) is 5.02 Å². The van der Waals surface area contributed by atoms with Crippen LogP contribution >= 0.6 is 11.6 Å². The van der Waals surface area contributed by atoms with E-state index in [0.717, 1.165) is 11.8 Å². The zero-order valence-electron chi connectivity index (χ0n) is 14.2. The van der Waals surface area contributed by atoms with Gasteiger partial charge in [0.1, 0.15) is 0 Å². The van der Waals surface area contributed by atoms with Crippen LogP contribution in [-0.4, -0.2) is 33.2 Å². The monoisotopic (exact) mass is 395 g/mol. The summed E-state index contributed by atoms with van der Waals surface area (Å²) >= 11 is 5.82. The van der Waals surface area contributed by atoms with E-state index in [0.29, 0.717) is 5.02 Å². The summed E-state index contributed by atoms with van der Waals surface area (Å²) in [6.45, 7) is 1.26. The number of sulfone groups is 1. The van der Waals surface area contributed by atoms with Gasteiger partial charge in [-0.1, -0.05) is 35.9 Å². The number of carbonyl (C=O) groups is 2. The van der Waals surface area contributed by atoms with Gasteiger partial charge in [-0.25, -0.2) is 13.2 Å². The highest BCUT2D eigenvalue weighted by Gasteiger charge is 2.20. The van der Waals surface area contributed by atoms with E-state index in [1.165, 1.54) is 24.3 Å². The summed E-state index contributed by atoms with van der Waals surface area (Å²) in [6.07, 6.45) is 1.000. The maximum atomic E-state index is 12.1. The van der Waals surface area contributed by atoms with Crippen LogP contribution in [-0.2, 0) is 19.4 Å². The second-order valence-corrected chi connectivity index (χ2v) is 8.11. The van der Waals surface area contributed by atoms with Gasteiger partial charge in [0.2, 0.25) is 0 Å². The number of hydrogen-bond acceptors (Lipinski definition) is 5. The van der Waals surface area contributed by atoms with E-state index < -0.39 is 28.3 Å². The van der Waals surface area contributed by atoms with E-state index in [9.17, 15) is 18.0 Å². The molecule has 0 saturated carbocycles. The molecule has 0 fully saturated rings. The molecule has 2 aromatic carbocycles. The Labute approximate surface area is 157 Å². The molecule has 6 nitrogen and oxygen atoms in total. The normalized spacial score (nSPS) is 12.3.